The van der Waals surface area contributed by atoms with Gasteiger partial charge in [0.15, 0.2) is 5.82 Å². The van der Waals surface area contributed by atoms with Crippen molar-refractivity contribution >= 4 is 17.6 Å². The highest BCUT2D eigenvalue weighted by Crippen LogP contribution is 2.22. The van der Waals surface area contributed by atoms with E-state index in [1.807, 2.05) is 0 Å². The highest BCUT2D eigenvalue weighted by molar-refractivity contribution is 6.30. The van der Waals surface area contributed by atoms with Gasteiger partial charge in [0.2, 0.25) is 0 Å². The summed E-state index contributed by atoms with van der Waals surface area (Å²) in [6.45, 7) is 2.86. The first kappa shape index (κ1) is 17.4. The van der Waals surface area contributed by atoms with Gasteiger partial charge in [0, 0.05) is 12.7 Å². The van der Waals surface area contributed by atoms with Crippen LogP contribution in [-0.4, -0.2) is 41.1 Å². The van der Waals surface area contributed by atoms with Crippen molar-refractivity contribution in [1.29, 1.82) is 0 Å². The topological polar surface area (TPSA) is 66.2 Å². The van der Waals surface area contributed by atoms with Crippen LogP contribution in [0.15, 0.2) is 18.2 Å². The molecule has 1 heterocycles. The molecule has 0 bridgehead atoms. The van der Waals surface area contributed by atoms with Gasteiger partial charge in [-0.3, -0.25) is 4.79 Å². The van der Waals surface area contributed by atoms with E-state index in [1.165, 1.54) is 12.1 Å². The number of rotatable bonds is 7. The quantitative estimate of drug-likeness (QED) is 0.724. The second-order valence-electron chi connectivity index (χ2n) is 4.68. The number of methoxy groups -OCH3 is 1. The van der Waals surface area contributed by atoms with Crippen molar-refractivity contribution < 1.29 is 18.7 Å². The van der Waals surface area contributed by atoms with Crippen LogP contribution in [-0.2, 0) is 27.2 Å². The third-order valence-corrected chi connectivity index (χ3v) is 3.35. The van der Waals surface area contributed by atoms with Crippen molar-refractivity contribution in [3.05, 3.63) is 34.9 Å². The molecule has 1 aromatic heterocycles. The molecule has 0 N–H and O–H groups in total. The van der Waals surface area contributed by atoms with Gasteiger partial charge in [0.05, 0.1) is 24.8 Å². The predicted molar refractivity (Wildman–Crippen MR) is 82.6 cm³/mol. The molecule has 2 aromatic rings. The van der Waals surface area contributed by atoms with E-state index in [9.17, 15) is 9.18 Å². The average Bonchev–Trinajstić information content (AvgIpc) is 2.91. The molecule has 0 fully saturated rings. The summed E-state index contributed by atoms with van der Waals surface area (Å²) in [5.74, 6) is -0.196. The number of carbonyl (C=O) groups is 1. The monoisotopic (exact) mass is 341 g/mol. The van der Waals surface area contributed by atoms with E-state index in [4.69, 9.17) is 21.1 Å². The Morgan fingerprint density at radius 1 is 1.43 bits per heavy atom. The average molecular weight is 342 g/mol. The fourth-order valence-corrected chi connectivity index (χ4v) is 2.08. The predicted octanol–water partition coefficient (Wildman–Crippen LogP) is 2.49. The first-order valence-electron chi connectivity index (χ1n) is 7.08. The molecule has 0 saturated heterocycles. The highest BCUT2D eigenvalue weighted by Gasteiger charge is 2.16. The molecule has 0 spiro atoms. The normalized spacial score (nSPS) is 10.8. The van der Waals surface area contributed by atoms with Gasteiger partial charge in [-0.05, 0) is 25.1 Å². The Morgan fingerprint density at radius 3 is 2.87 bits per heavy atom. The molecule has 1 aromatic carbocycles. The first-order valence-corrected chi connectivity index (χ1v) is 7.46. The minimum Gasteiger partial charge on any atom is -0.466 e. The molecule has 2 rings (SSSR count). The summed E-state index contributed by atoms with van der Waals surface area (Å²) in [7, 11) is 1.57. The molecule has 0 atom stereocenters. The van der Waals surface area contributed by atoms with E-state index in [2.05, 4.69) is 10.1 Å². The number of ether oxygens (including phenoxy) is 2. The third-order valence-electron chi connectivity index (χ3n) is 3.04. The van der Waals surface area contributed by atoms with Crippen molar-refractivity contribution in [2.75, 3.05) is 20.3 Å². The second kappa shape index (κ2) is 8.03. The number of hydrogen-bond donors (Lipinski definition) is 0. The lowest BCUT2D eigenvalue weighted by molar-refractivity contribution is -0.142. The molecule has 0 saturated carbocycles. The van der Waals surface area contributed by atoms with Crippen LogP contribution in [0.1, 0.15) is 12.7 Å². The van der Waals surface area contributed by atoms with Crippen LogP contribution in [0.3, 0.4) is 0 Å². The molecular formula is C15H17ClFN3O3. The number of halogens is 2. The number of hydrogen-bond acceptors (Lipinski definition) is 5. The fraction of sp³-hybridized carbons (Fsp3) is 0.400. The minimum absolute atomic E-state index is 0.0133. The van der Waals surface area contributed by atoms with Crippen LogP contribution < -0.4 is 0 Å². The summed E-state index contributed by atoms with van der Waals surface area (Å²) >= 11 is 5.68. The zero-order valence-corrected chi connectivity index (χ0v) is 13.6. The Morgan fingerprint density at radius 2 is 2.22 bits per heavy atom. The molecule has 0 aliphatic rings. The summed E-state index contributed by atoms with van der Waals surface area (Å²) < 4.78 is 25.1. The number of aromatic nitrogens is 3. The van der Waals surface area contributed by atoms with Crippen LogP contribution in [0.4, 0.5) is 4.39 Å². The van der Waals surface area contributed by atoms with Gasteiger partial charge >= 0.3 is 5.97 Å². The highest BCUT2D eigenvalue weighted by atomic mass is 35.5. The van der Waals surface area contributed by atoms with Crippen molar-refractivity contribution in [2.24, 2.45) is 0 Å². The van der Waals surface area contributed by atoms with Gasteiger partial charge < -0.3 is 9.47 Å². The third kappa shape index (κ3) is 4.49. The van der Waals surface area contributed by atoms with Gasteiger partial charge in [-0.15, -0.1) is 0 Å². The Kier molecular flexibility index (Phi) is 6.06. The molecule has 0 amide bonds. The summed E-state index contributed by atoms with van der Waals surface area (Å²) in [4.78, 5) is 16.0. The molecule has 8 heteroatoms. The smallest absolute Gasteiger partial charge is 0.313 e. The summed E-state index contributed by atoms with van der Waals surface area (Å²) in [6.07, 6.45) is -0.0133. The van der Waals surface area contributed by atoms with E-state index in [-0.39, 0.29) is 11.4 Å². The lowest BCUT2D eigenvalue weighted by Crippen LogP contribution is -2.15. The number of benzene rings is 1. The lowest BCUT2D eigenvalue weighted by Gasteiger charge is -2.04. The van der Waals surface area contributed by atoms with E-state index in [1.54, 1.807) is 24.8 Å². The van der Waals surface area contributed by atoms with Gasteiger partial charge in [0.25, 0.3) is 0 Å². The Bertz CT molecular complexity index is 691. The summed E-state index contributed by atoms with van der Waals surface area (Å²) in [5.41, 5.74) is 0.480. The number of nitrogens with zero attached hydrogens (tertiary/aromatic N) is 3. The maximum Gasteiger partial charge on any atom is 0.313 e. The van der Waals surface area contributed by atoms with Gasteiger partial charge in [-0.2, -0.15) is 5.10 Å². The molecule has 124 valence electrons. The molecule has 23 heavy (non-hydrogen) atoms. The SMILES string of the molecule is CCOC(=O)Cc1nc(-c2ccc(Cl)c(F)c2)nn1CCOC. The van der Waals surface area contributed by atoms with Gasteiger partial charge in [-0.1, -0.05) is 11.6 Å². The van der Waals surface area contributed by atoms with Crippen LogP contribution in [0, 0.1) is 5.82 Å². The van der Waals surface area contributed by atoms with E-state index >= 15 is 0 Å². The van der Waals surface area contributed by atoms with Crippen molar-refractivity contribution in [1.82, 2.24) is 14.8 Å². The summed E-state index contributed by atoms with van der Waals surface area (Å²) in [6, 6.07) is 4.31. The minimum atomic E-state index is -0.552. The van der Waals surface area contributed by atoms with Crippen molar-refractivity contribution in [3.8, 4) is 11.4 Å². The first-order chi connectivity index (χ1) is 11.0. The van der Waals surface area contributed by atoms with Crippen molar-refractivity contribution in [3.63, 3.8) is 0 Å². The number of esters is 1. The van der Waals surface area contributed by atoms with Crippen molar-refractivity contribution in [2.45, 2.75) is 19.9 Å². The summed E-state index contributed by atoms with van der Waals surface area (Å²) in [5, 5.41) is 4.34. The van der Waals surface area contributed by atoms with E-state index in [0.29, 0.717) is 37.0 Å². The van der Waals surface area contributed by atoms with Crippen LogP contribution in [0.5, 0.6) is 0 Å². The molecule has 0 aliphatic carbocycles. The Hall–Kier alpha value is -1.99. The number of carbonyl (C=O) groups excluding carboxylic acids is 1. The van der Waals surface area contributed by atoms with Crippen LogP contribution in [0.2, 0.25) is 5.02 Å². The van der Waals surface area contributed by atoms with Gasteiger partial charge in [-0.25, -0.2) is 14.1 Å². The largest absolute Gasteiger partial charge is 0.466 e. The van der Waals surface area contributed by atoms with E-state index < -0.39 is 11.8 Å². The zero-order chi connectivity index (χ0) is 16.8. The van der Waals surface area contributed by atoms with Gasteiger partial charge in [0.1, 0.15) is 18.1 Å². The molecule has 0 radical (unpaired) electrons. The Labute approximate surface area is 138 Å². The second-order valence-corrected chi connectivity index (χ2v) is 5.09. The standard InChI is InChI=1S/C15H17ClFN3O3/c1-3-23-14(21)9-13-18-15(19-20(13)6-7-22-2)10-4-5-11(16)12(17)8-10/h4-5,8H,3,6-7,9H2,1-2H3. The molecular weight excluding hydrogens is 325 g/mol. The molecule has 6 nitrogen and oxygen atoms in total. The molecule has 0 aliphatic heterocycles. The molecule has 0 unspecified atom stereocenters. The fourth-order valence-electron chi connectivity index (χ4n) is 1.96. The Balaban J connectivity index is 2.31. The van der Waals surface area contributed by atoms with Crippen LogP contribution >= 0.6 is 11.6 Å². The zero-order valence-electron chi connectivity index (χ0n) is 12.9. The maximum atomic E-state index is 13.6. The van der Waals surface area contributed by atoms with Crippen LogP contribution in [0.25, 0.3) is 11.4 Å². The lowest BCUT2D eigenvalue weighted by atomic mass is 10.2. The van der Waals surface area contributed by atoms with E-state index in [0.717, 1.165) is 0 Å². The maximum absolute atomic E-state index is 13.6.